The average Bonchev–Trinajstić information content (AvgIpc) is 3.03. The molecule has 25 heavy (non-hydrogen) atoms. The summed E-state index contributed by atoms with van der Waals surface area (Å²) >= 11 is 0. The summed E-state index contributed by atoms with van der Waals surface area (Å²) in [5.41, 5.74) is 2.04. The fourth-order valence-corrected chi connectivity index (χ4v) is 3.20. The van der Waals surface area contributed by atoms with E-state index in [0.29, 0.717) is 17.9 Å². The Hall–Kier alpha value is -2.86. The molecule has 0 unspecified atom stereocenters. The Kier molecular flexibility index (Phi) is 4.72. The minimum atomic E-state index is -3.32. The molecule has 0 radical (unpaired) electrons. The number of benzene rings is 2. The van der Waals surface area contributed by atoms with Crippen molar-refractivity contribution in [1.29, 1.82) is 0 Å². The van der Waals surface area contributed by atoms with Crippen LogP contribution < -0.4 is 5.32 Å². The molecule has 2 aromatic carbocycles. The molecule has 0 spiro atoms. The van der Waals surface area contributed by atoms with E-state index in [2.05, 4.69) is 5.32 Å². The zero-order valence-corrected chi connectivity index (χ0v) is 14.5. The summed E-state index contributed by atoms with van der Waals surface area (Å²) in [6, 6.07) is 19.6. The number of amides is 1. The number of rotatable bonds is 5. The molecular formula is C19H18N2O3S. The van der Waals surface area contributed by atoms with Crippen molar-refractivity contribution in [2.24, 2.45) is 0 Å². The van der Waals surface area contributed by atoms with Gasteiger partial charge in [0.25, 0.3) is 5.91 Å². The zero-order valence-electron chi connectivity index (χ0n) is 13.7. The lowest BCUT2D eigenvalue weighted by atomic mass is 10.2. The summed E-state index contributed by atoms with van der Waals surface area (Å²) in [4.78, 5) is 12.7. The Balaban J connectivity index is 1.80. The third kappa shape index (κ3) is 4.16. The lowest BCUT2D eigenvalue weighted by Gasteiger charge is -2.10. The van der Waals surface area contributed by atoms with Gasteiger partial charge in [0.15, 0.2) is 9.84 Å². The second-order valence-corrected chi connectivity index (χ2v) is 7.78. The topological polar surface area (TPSA) is 68.2 Å². The first-order valence-corrected chi connectivity index (χ1v) is 9.63. The van der Waals surface area contributed by atoms with Crippen LogP contribution in [0.2, 0.25) is 0 Å². The summed E-state index contributed by atoms with van der Waals surface area (Å²) in [5, 5.41) is 2.76. The van der Waals surface area contributed by atoms with Crippen molar-refractivity contribution >= 4 is 21.4 Å². The molecule has 0 saturated carbocycles. The summed E-state index contributed by atoms with van der Waals surface area (Å²) in [7, 11) is -3.32. The van der Waals surface area contributed by atoms with E-state index in [0.717, 1.165) is 11.8 Å². The molecule has 0 aliphatic heterocycles. The van der Waals surface area contributed by atoms with Crippen molar-refractivity contribution in [3.05, 3.63) is 84.2 Å². The van der Waals surface area contributed by atoms with E-state index in [9.17, 15) is 13.2 Å². The van der Waals surface area contributed by atoms with Crippen LogP contribution in [0, 0.1) is 0 Å². The molecule has 5 nitrogen and oxygen atoms in total. The monoisotopic (exact) mass is 354 g/mol. The average molecular weight is 354 g/mol. The maximum absolute atomic E-state index is 12.6. The van der Waals surface area contributed by atoms with E-state index in [4.69, 9.17) is 0 Å². The first-order valence-electron chi connectivity index (χ1n) is 7.74. The van der Waals surface area contributed by atoms with E-state index in [1.54, 1.807) is 18.2 Å². The number of aromatic nitrogens is 1. The van der Waals surface area contributed by atoms with Crippen LogP contribution in [0.15, 0.2) is 77.8 Å². The molecule has 1 amide bonds. The highest BCUT2D eigenvalue weighted by atomic mass is 32.2. The predicted octanol–water partition coefficient (Wildman–Crippen LogP) is 3.19. The van der Waals surface area contributed by atoms with E-state index in [-0.39, 0.29) is 10.8 Å². The summed E-state index contributed by atoms with van der Waals surface area (Å²) < 4.78 is 25.1. The molecule has 0 atom stereocenters. The molecule has 0 fully saturated rings. The third-order valence-corrected chi connectivity index (χ3v) is 4.89. The van der Waals surface area contributed by atoms with Crippen LogP contribution in [-0.2, 0) is 16.4 Å². The molecule has 6 heteroatoms. The standard InChI is InChI=1S/C19H18N2O3S/c1-25(23,24)17-10-5-9-16(13-17)20-19(22)18-11-6-12-21(18)14-15-7-3-2-4-8-15/h2-13H,14H2,1H3,(H,20,22). The van der Waals surface area contributed by atoms with Gasteiger partial charge in [0.1, 0.15) is 5.69 Å². The third-order valence-electron chi connectivity index (χ3n) is 3.78. The van der Waals surface area contributed by atoms with E-state index < -0.39 is 9.84 Å². The highest BCUT2D eigenvalue weighted by Gasteiger charge is 2.13. The molecule has 0 aliphatic carbocycles. The Bertz CT molecular complexity index is 992. The predicted molar refractivity (Wildman–Crippen MR) is 97.5 cm³/mol. The van der Waals surface area contributed by atoms with Gasteiger partial charge in [-0.05, 0) is 35.9 Å². The molecule has 3 rings (SSSR count). The van der Waals surface area contributed by atoms with E-state index in [1.165, 1.54) is 12.1 Å². The van der Waals surface area contributed by atoms with Crippen molar-refractivity contribution in [1.82, 2.24) is 4.57 Å². The normalized spacial score (nSPS) is 11.2. The van der Waals surface area contributed by atoms with Gasteiger partial charge < -0.3 is 9.88 Å². The number of hydrogen-bond acceptors (Lipinski definition) is 3. The molecule has 1 aromatic heterocycles. The number of carbonyl (C=O) groups is 1. The van der Waals surface area contributed by atoms with Crippen LogP contribution in [0.25, 0.3) is 0 Å². The van der Waals surface area contributed by atoms with Crippen LogP contribution in [-0.4, -0.2) is 25.1 Å². The van der Waals surface area contributed by atoms with Crippen LogP contribution in [0.5, 0.6) is 0 Å². The second-order valence-electron chi connectivity index (χ2n) is 5.76. The molecule has 3 aromatic rings. The molecular weight excluding hydrogens is 336 g/mol. The highest BCUT2D eigenvalue weighted by Crippen LogP contribution is 2.17. The molecule has 1 heterocycles. The number of nitrogens with zero attached hydrogens (tertiary/aromatic N) is 1. The quantitative estimate of drug-likeness (QED) is 0.765. The fraction of sp³-hybridized carbons (Fsp3) is 0.105. The number of anilines is 1. The van der Waals surface area contributed by atoms with E-state index in [1.807, 2.05) is 47.2 Å². The van der Waals surface area contributed by atoms with Crippen molar-refractivity contribution < 1.29 is 13.2 Å². The van der Waals surface area contributed by atoms with Crippen LogP contribution in [0.4, 0.5) is 5.69 Å². The number of carbonyl (C=O) groups excluding carboxylic acids is 1. The van der Waals surface area contributed by atoms with Crippen LogP contribution in [0.1, 0.15) is 16.1 Å². The first-order chi connectivity index (χ1) is 11.9. The van der Waals surface area contributed by atoms with Crippen molar-refractivity contribution in [2.45, 2.75) is 11.4 Å². The highest BCUT2D eigenvalue weighted by molar-refractivity contribution is 7.90. The van der Waals surface area contributed by atoms with Gasteiger partial charge in [-0.1, -0.05) is 36.4 Å². The smallest absolute Gasteiger partial charge is 0.272 e. The molecule has 0 saturated heterocycles. The van der Waals surface area contributed by atoms with Gasteiger partial charge in [0.05, 0.1) is 4.90 Å². The SMILES string of the molecule is CS(=O)(=O)c1cccc(NC(=O)c2cccn2Cc2ccccc2)c1. The Morgan fingerprint density at radius 2 is 1.76 bits per heavy atom. The lowest BCUT2D eigenvalue weighted by molar-refractivity contribution is 0.101. The first kappa shape index (κ1) is 17.0. The number of hydrogen-bond donors (Lipinski definition) is 1. The number of sulfone groups is 1. The molecule has 0 bridgehead atoms. The van der Waals surface area contributed by atoms with Crippen LogP contribution in [0.3, 0.4) is 0 Å². The molecule has 0 aliphatic rings. The summed E-state index contributed by atoms with van der Waals surface area (Å²) in [5.74, 6) is -0.286. The molecule has 1 N–H and O–H groups in total. The van der Waals surface area contributed by atoms with Crippen molar-refractivity contribution in [3.8, 4) is 0 Å². The Morgan fingerprint density at radius 1 is 1.00 bits per heavy atom. The maximum atomic E-state index is 12.6. The van der Waals surface area contributed by atoms with E-state index >= 15 is 0 Å². The van der Waals surface area contributed by atoms with Gasteiger partial charge in [-0.2, -0.15) is 0 Å². The van der Waals surface area contributed by atoms with Gasteiger partial charge in [-0.15, -0.1) is 0 Å². The zero-order chi connectivity index (χ0) is 17.9. The maximum Gasteiger partial charge on any atom is 0.272 e. The Labute approximate surface area is 146 Å². The van der Waals surface area contributed by atoms with Crippen LogP contribution >= 0.6 is 0 Å². The van der Waals surface area contributed by atoms with Crippen molar-refractivity contribution in [3.63, 3.8) is 0 Å². The van der Waals surface area contributed by atoms with Gasteiger partial charge in [-0.3, -0.25) is 4.79 Å². The van der Waals surface area contributed by atoms with Crippen molar-refractivity contribution in [2.75, 3.05) is 11.6 Å². The lowest BCUT2D eigenvalue weighted by Crippen LogP contribution is -2.17. The van der Waals surface area contributed by atoms with Gasteiger partial charge in [0.2, 0.25) is 0 Å². The Morgan fingerprint density at radius 3 is 2.48 bits per heavy atom. The summed E-state index contributed by atoms with van der Waals surface area (Å²) in [6.45, 7) is 0.583. The fourth-order valence-electron chi connectivity index (χ4n) is 2.54. The van der Waals surface area contributed by atoms with Gasteiger partial charge >= 0.3 is 0 Å². The summed E-state index contributed by atoms with van der Waals surface area (Å²) in [6.07, 6.45) is 2.98. The minimum Gasteiger partial charge on any atom is -0.339 e. The van der Waals surface area contributed by atoms with Gasteiger partial charge in [0, 0.05) is 24.7 Å². The number of nitrogens with one attached hydrogen (secondary N) is 1. The van der Waals surface area contributed by atoms with Gasteiger partial charge in [-0.25, -0.2) is 8.42 Å². The molecule has 128 valence electrons. The minimum absolute atomic E-state index is 0.171. The second kappa shape index (κ2) is 6.94. The largest absolute Gasteiger partial charge is 0.339 e.